The molecule has 20 heavy (non-hydrogen) atoms. The van der Waals surface area contributed by atoms with E-state index in [-0.39, 0.29) is 5.91 Å². The Hall–Kier alpha value is -1.33. The summed E-state index contributed by atoms with van der Waals surface area (Å²) < 4.78 is 5.36. The van der Waals surface area contributed by atoms with E-state index in [1.54, 1.807) is 6.26 Å². The minimum atomic E-state index is -0.664. The smallest absolute Gasteiger partial charge is 0.242 e. The Balaban J connectivity index is 1.52. The summed E-state index contributed by atoms with van der Waals surface area (Å²) in [5.74, 6) is 1.49. The number of piperazine rings is 1. The molecule has 1 saturated heterocycles. The first kappa shape index (κ1) is 13.6. The fourth-order valence-corrected chi connectivity index (χ4v) is 2.93. The molecule has 1 aromatic heterocycles. The average molecular weight is 277 g/mol. The Morgan fingerprint density at radius 1 is 1.40 bits per heavy atom. The Labute approximate surface area is 119 Å². The van der Waals surface area contributed by atoms with Crippen LogP contribution >= 0.6 is 0 Å². The van der Waals surface area contributed by atoms with Crippen LogP contribution in [0.25, 0.3) is 0 Å². The first-order chi connectivity index (χ1) is 9.57. The van der Waals surface area contributed by atoms with E-state index in [2.05, 4.69) is 4.90 Å². The van der Waals surface area contributed by atoms with Crippen LogP contribution in [-0.4, -0.2) is 47.4 Å². The van der Waals surface area contributed by atoms with Crippen LogP contribution in [0.3, 0.4) is 0 Å². The van der Waals surface area contributed by atoms with Gasteiger partial charge >= 0.3 is 0 Å². The molecule has 0 aromatic carbocycles. The lowest BCUT2D eigenvalue weighted by atomic mass is 9.95. The van der Waals surface area contributed by atoms with E-state index in [0.717, 1.165) is 51.3 Å². The standard InChI is InChI=1S/C15H23N3O2/c1-15(16,12-4-5-12)14(19)18-8-6-17(7-9-18)11-13-3-2-10-20-13/h2-3,10,12H,4-9,11,16H2,1H3. The molecule has 2 N–H and O–H groups in total. The van der Waals surface area contributed by atoms with Crippen molar-refractivity contribution in [3.05, 3.63) is 24.2 Å². The number of carbonyl (C=O) groups excluding carboxylic acids is 1. The normalized spacial score (nSPS) is 23.6. The Morgan fingerprint density at radius 2 is 2.10 bits per heavy atom. The summed E-state index contributed by atoms with van der Waals surface area (Å²) in [5.41, 5.74) is 5.56. The second-order valence-electron chi connectivity index (χ2n) is 6.20. The summed E-state index contributed by atoms with van der Waals surface area (Å²) in [4.78, 5) is 16.7. The summed E-state index contributed by atoms with van der Waals surface area (Å²) in [5, 5.41) is 0. The van der Waals surface area contributed by atoms with Gasteiger partial charge in [-0.25, -0.2) is 0 Å². The van der Waals surface area contributed by atoms with Crippen LogP contribution in [0.2, 0.25) is 0 Å². The number of hydrogen-bond acceptors (Lipinski definition) is 4. The van der Waals surface area contributed by atoms with Gasteiger partial charge in [0, 0.05) is 26.2 Å². The number of rotatable bonds is 4. The van der Waals surface area contributed by atoms with Gasteiger partial charge in [-0.2, -0.15) is 0 Å². The zero-order valence-corrected chi connectivity index (χ0v) is 12.0. The Kier molecular flexibility index (Phi) is 3.56. The van der Waals surface area contributed by atoms with Gasteiger partial charge in [-0.1, -0.05) is 0 Å². The van der Waals surface area contributed by atoms with Crippen LogP contribution in [0, 0.1) is 5.92 Å². The van der Waals surface area contributed by atoms with Crippen molar-refractivity contribution in [2.75, 3.05) is 26.2 Å². The minimum Gasteiger partial charge on any atom is -0.468 e. The quantitative estimate of drug-likeness (QED) is 0.893. The molecular weight excluding hydrogens is 254 g/mol. The van der Waals surface area contributed by atoms with E-state index in [9.17, 15) is 4.79 Å². The van der Waals surface area contributed by atoms with Crippen LogP contribution in [-0.2, 0) is 11.3 Å². The second-order valence-corrected chi connectivity index (χ2v) is 6.20. The Morgan fingerprint density at radius 3 is 2.65 bits per heavy atom. The highest BCUT2D eigenvalue weighted by atomic mass is 16.3. The van der Waals surface area contributed by atoms with Crippen LogP contribution in [0.5, 0.6) is 0 Å². The molecule has 0 spiro atoms. The molecule has 1 aliphatic heterocycles. The second kappa shape index (κ2) is 5.22. The van der Waals surface area contributed by atoms with E-state index < -0.39 is 5.54 Å². The summed E-state index contributed by atoms with van der Waals surface area (Å²) >= 11 is 0. The first-order valence-corrected chi connectivity index (χ1v) is 7.40. The van der Waals surface area contributed by atoms with Crippen molar-refractivity contribution in [1.82, 2.24) is 9.80 Å². The highest BCUT2D eigenvalue weighted by molar-refractivity contribution is 5.86. The largest absolute Gasteiger partial charge is 0.468 e. The minimum absolute atomic E-state index is 0.123. The van der Waals surface area contributed by atoms with E-state index >= 15 is 0 Å². The van der Waals surface area contributed by atoms with Crippen LogP contribution < -0.4 is 5.73 Å². The molecule has 2 fully saturated rings. The van der Waals surface area contributed by atoms with E-state index in [4.69, 9.17) is 10.2 Å². The number of nitrogens with two attached hydrogens (primary N) is 1. The van der Waals surface area contributed by atoms with Crippen molar-refractivity contribution in [1.29, 1.82) is 0 Å². The lowest BCUT2D eigenvalue weighted by molar-refractivity contribution is -0.139. The van der Waals surface area contributed by atoms with Gasteiger partial charge in [0.15, 0.2) is 0 Å². The van der Waals surface area contributed by atoms with E-state index in [1.807, 2.05) is 24.0 Å². The van der Waals surface area contributed by atoms with Gasteiger partial charge in [-0.3, -0.25) is 9.69 Å². The average Bonchev–Trinajstić information content (AvgIpc) is 3.19. The topological polar surface area (TPSA) is 62.7 Å². The number of nitrogens with zero attached hydrogens (tertiary/aromatic N) is 2. The third-order valence-corrected chi connectivity index (χ3v) is 4.51. The van der Waals surface area contributed by atoms with Gasteiger partial charge in [0.25, 0.3) is 0 Å². The highest BCUT2D eigenvalue weighted by Gasteiger charge is 2.46. The van der Waals surface area contributed by atoms with Gasteiger partial charge in [-0.05, 0) is 37.8 Å². The lowest BCUT2D eigenvalue weighted by Gasteiger charge is -2.38. The number of furan rings is 1. The predicted octanol–water partition coefficient (Wildman–Crippen LogP) is 1.05. The molecule has 2 aliphatic rings. The van der Waals surface area contributed by atoms with Gasteiger partial charge < -0.3 is 15.1 Å². The van der Waals surface area contributed by atoms with E-state index in [1.165, 1.54) is 0 Å². The lowest BCUT2D eigenvalue weighted by Crippen LogP contribution is -2.59. The third-order valence-electron chi connectivity index (χ3n) is 4.51. The van der Waals surface area contributed by atoms with Gasteiger partial charge in [0.05, 0.1) is 18.3 Å². The molecule has 110 valence electrons. The van der Waals surface area contributed by atoms with Crippen molar-refractivity contribution >= 4 is 5.91 Å². The number of amides is 1. The number of carbonyl (C=O) groups is 1. The molecule has 1 unspecified atom stereocenters. The van der Waals surface area contributed by atoms with Crippen molar-refractivity contribution < 1.29 is 9.21 Å². The molecule has 1 saturated carbocycles. The molecule has 1 aliphatic carbocycles. The predicted molar refractivity (Wildman–Crippen MR) is 75.9 cm³/mol. The summed E-state index contributed by atoms with van der Waals surface area (Å²) in [7, 11) is 0. The highest BCUT2D eigenvalue weighted by Crippen LogP contribution is 2.39. The fourth-order valence-electron chi connectivity index (χ4n) is 2.93. The Bertz CT molecular complexity index is 457. The maximum absolute atomic E-state index is 12.5. The molecule has 5 heteroatoms. The maximum Gasteiger partial charge on any atom is 0.242 e. The van der Waals surface area contributed by atoms with Crippen LogP contribution in [0.15, 0.2) is 22.8 Å². The zero-order chi connectivity index (χ0) is 14.2. The SMILES string of the molecule is CC(N)(C(=O)N1CCN(Cc2ccco2)CC1)C1CC1. The van der Waals surface area contributed by atoms with Gasteiger partial charge in [0.1, 0.15) is 5.76 Å². The summed E-state index contributed by atoms with van der Waals surface area (Å²) in [6.45, 7) is 6.00. The van der Waals surface area contributed by atoms with Crippen LogP contribution in [0.1, 0.15) is 25.5 Å². The molecule has 1 atom stereocenters. The van der Waals surface area contributed by atoms with Crippen molar-refractivity contribution in [3.8, 4) is 0 Å². The van der Waals surface area contributed by atoms with Crippen molar-refractivity contribution in [3.63, 3.8) is 0 Å². The third kappa shape index (κ3) is 2.74. The maximum atomic E-state index is 12.5. The molecule has 0 radical (unpaired) electrons. The molecule has 5 nitrogen and oxygen atoms in total. The molecule has 3 rings (SSSR count). The van der Waals surface area contributed by atoms with Crippen molar-refractivity contribution in [2.45, 2.75) is 31.8 Å². The van der Waals surface area contributed by atoms with E-state index in [0.29, 0.717) is 5.92 Å². The first-order valence-electron chi connectivity index (χ1n) is 7.40. The monoisotopic (exact) mass is 277 g/mol. The molecule has 1 aromatic rings. The summed E-state index contributed by atoms with van der Waals surface area (Å²) in [6.07, 6.45) is 3.89. The number of hydrogen-bond donors (Lipinski definition) is 1. The fraction of sp³-hybridized carbons (Fsp3) is 0.667. The van der Waals surface area contributed by atoms with Crippen LogP contribution in [0.4, 0.5) is 0 Å². The van der Waals surface area contributed by atoms with Gasteiger partial charge in [-0.15, -0.1) is 0 Å². The molecule has 2 heterocycles. The molecule has 1 amide bonds. The zero-order valence-electron chi connectivity index (χ0n) is 12.0. The molecular formula is C15H23N3O2. The summed E-state index contributed by atoms with van der Waals surface area (Å²) in [6, 6.07) is 3.90. The molecule has 0 bridgehead atoms. The van der Waals surface area contributed by atoms with Crippen molar-refractivity contribution in [2.24, 2.45) is 11.7 Å². The van der Waals surface area contributed by atoms with Gasteiger partial charge in [0.2, 0.25) is 5.91 Å².